The van der Waals surface area contributed by atoms with Crippen molar-refractivity contribution in [1.29, 1.82) is 0 Å². The van der Waals surface area contributed by atoms with Crippen LogP contribution in [0.5, 0.6) is 11.5 Å². The van der Waals surface area contributed by atoms with Crippen molar-refractivity contribution in [3.8, 4) is 11.5 Å². The summed E-state index contributed by atoms with van der Waals surface area (Å²) in [5.41, 5.74) is 3.92. The first-order valence-corrected chi connectivity index (χ1v) is 9.79. The Bertz CT molecular complexity index is 902. The molecule has 8 nitrogen and oxygen atoms in total. The van der Waals surface area contributed by atoms with E-state index in [0.717, 1.165) is 16.6 Å². The molecule has 0 aliphatic carbocycles. The SMILES string of the molecule is CCc1ccc(OCCCC(=O)N/N=C/c2ccc(OC)c([N+](=O)[O-])c2)c(Br)c1. The Hall–Kier alpha value is -2.94. The highest BCUT2D eigenvalue weighted by atomic mass is 79.9. The molecule has 0 bridgehead atoms. The van der Waals surface area contributed by atoms with E-state index in [9.17, 15) is 14.9 Å². The zero-order chi connectivity index (χ0) is 21.2. The molecule has 0 spiro atoms. The number of nitro benzene ring substituents is 1. The number of amides is 1. The van der Waals surface area contributed by atoms with E-state index in [1.165, 1.54) is 31.0 Å². The Balaban J connectivity index is 1.77. The van der Waals surface area contributed by atoms with Crippen LogP contribution in [0.4, 0.5) is 5.69 Å². The number of rotatable bonds is 10. The molecule has 2 aromatic carbocycles. The van der Waals surface area contributed by atoms with Crippen molar-refractivity contribution >= 4 is 33.7 Å². The van der Waals surface area contributed by atoms with Crippen molar-refractivity contribution in [3.05, 3.63) is 62.1 Å². The number of carbonyl (C=O) groups is 1. The number of methoxy groups -OCH3 is 1. The van der Waals surface area contributed by atoms with Crippen LogP contribution >= 0.6 is 15.9 Å². The molecule has 0 saturated carbocycles. The molecule has 1 N–H and O–H groups in total. The fraction of sp³-hybridized carbons (Fsp3) is 0.300. The zero-order valence-electron chi connectivity index (χ0n) is 16.2. The summed E-state index contributed by atoms with van der Waals surface area (Å²) < 4.78 is 11.5. The number of nitro groups is 1. The lowest BCUT2D eigenvalue weighted by molar-refractivity contribution is -0.385. The minimum atomic E-state index is -0.539. The van der Waals surface area contributed by atoms with Gasteiger partial charge in [-0.15, -0.1) is 0 Å². The number of ether oxygens (including phenoxy) is 2. The molecule has 29 heavy (non-hydrogen) atoms. The van der Waals surface area contributed by atoms with Crippen LogP contribution in [-0.2, 0) is 11.2 Å². The Labute approximate surface area is 177 Å². The maximum Gasteiger partial charge on any atom is 0.311 e. The summed E-state index contributed by atoms with van der Waals surface area (Å²) in [6, 6.07) is 10.3. The second-order valence-electron chi connectivity index (χ2n) is 6.05. The predicted molar refractivity (Wildman–Crippen MR) is 114 cm³/mol. The average molecular weight is 464 g/mol. The molecule has 0 aliphatic rings. The molecule has 9 heteroatoms. The molecule has 2 rings (SSSR count). The molecule has 0 fully saturated rings. The minimum Gasteiger partial charge on any atom is -0.492 e. The first-order valence-electron chi connectivity index (χ1n) is 9.00. The maximum atomic E-state index is 11.9. The number of halogens is 1. The largest absolute Gasteiger partial charge is 0.492 e. The predicted octanol–water partition coefficient (Wildman–Crippen LogP) is 4.24. The van der Waals surface area contributed by atoms with Crippen LogP contribution in [0.15, 0.2) is 46.0 Å². The standard InChI is InChI=1S/C20H22BrN3O5/c1-3-14-6-8-18(16(21)11-14)29-10-4-5-20(25)23-22-13-15-7-9-19(28-2)17(12-15)24(26)27/h6-9,11-13H,3-5,10H2,1-2H3,(H,23,25)/b22-13+. The van der Waals surface area contributed by atoms with E-state index in [2.05, 4.69) is 33.4 Å². The smallest absolute Gasteiger partial charge is 0.311 e. The van der Waals surface area contributed by atoms with E-state index in [0.29, 0.717) is 18.6 Å². The van der Waals surface area contributed by atoms with E-state index in [1.807, 2.05) is 18.2 Å². The molecule has 0 atom stereocenters. The fourth-order valence-corrected chi connectivity index (χ4v) is 3.00. The van der Waals surface area contributed by atoms with E-state index in [4.69, 9.17) is 9.47 Å². The van der Waals surface area contributed by atoms with Gasteiger partial charge in [0.05, 0.1) is 29.3 Å². The van der Waals surface area contributed by atoms with Crippen molar-refractivity contribution in [3.63, 3.8) is 0 Å². The Kier molecular flexibility index (Phi) is 8.60. The van der Waals surface area contributed by atoms with Gasteiger partial charge in [-0.1, -0.05) is 13.0 Å². The molecule has 0 unspecified atom stereocenters. The summed E-state index contributed by atoms with van der Waals surface area (Å²) in [6.07, 6.45) is 3.05. The van der Waals surface area contributed by atoms with Crippen LogP contribution in [0.25, 0.3) is 0 Å². The average Bonchev–Trinajstić information content (AvgIpc) is 2.71. The molecule has 0 aromatic heterocycles. The molecular formula is C20H22BrN3O5. The van der Waals surface area contributed by atoms with Crippen LogP contribution in [-0.4, -0.2) is 30.8 Å². The third kappa shape index (κ3) is 6.86. The number of hydrogen-bond donors (Lipinski definition) is 1. The topological polar surface area (TPSA) is 103 Å². The summed E-state index contributed by atoms with van der Waals surface area (Å²) in [7, 11) is 1.36. The van der Waals surface area contributed by atoms with E-state index >= 15 is 0 Å². The van der Waals surface area contributed by atoms with Gasteiger partial charge in [0, 0.05) is 18.1 Å². The Morgan fingerprint density at radius 2 is 2.03 bits per heavy atom. The third-order valence-electron chi connectivity index (χ3n) is 4.01. The third-order valence-corrected chi connectivity index (χ3v) is 4.63. The summed E-state index contributed by atoms with van der Waals surface area (Å²) in [6.45, 7) is 2.48. The monoisotopic (exact) mass is 463 g/mol. The molecular weight excluding hydrogens is 442 g/mol. The molecule has 1 amide bonds. The maximum absolute atomic E-state index is 11.9. The van der Waals surface area contributed by atoms with Crippen molar-refractivity contribution in [2.45, 2.75) is 26.2 Å². The molecule has 0 heterocycles. The van der Waals surface area contributed by atoms with Gasteiger partial charge in [-0.2, -0.15) is 5.10 Å². The molecule has 0 saturated heterocycles. The van der Waals surface area contributed by atoms with E-state index in [1.54, 1.807) is 6.07 Å². The van der Waals surface area contributed by atoms with Gasteiger partial charge in [-0.25, -0.2) is 5.43 Å². The van der Waals surface area contributed by atoms with Gasteiger partial charge in [-0.05, 0) is 58.6 Å². The Morgan fingerprint density at radius 1 is 1.28 bits per heavy atom. The summed E-state index contributed by atoms with van der Waals surface area (Å²) in [5, 5.41) is 14.8. The van der Waals surface area contributed by atoms with Gasteiger partial charge in [0.25, 0.3) is 0 Å². The lowest BCUT2D eigenvalue weighted by Crippen LogP contribution is -2.18. The molecule has 0 radical (unpaired) electrons. The van der Waals surface area contributed by atoms with Gasteiger partial charge in [-0.3, -0.25) is 14.9 Å². The van der Waals surface area contributed by atoms with E-state index in [-0.39, 0.29) is 23.8 Å². The zero-order valence-corrected chi connectivity index (χ0v) is 17.8. The summed E-state index contributed by atoms with van der Waals surface area (Å²) >= 11 is 3.47. The van der Waals surface area contributed by atoms with Gasteiger partial charge in [0.2, 0.25) is 5.91 Å². The van der Waals surface area contributed by atoms with Crippen LogP contribution in [0.1, 0.15) is 30.9 Å². The van der Waals surface area contributed by atoms with Crippen LogP contribution in [0.3, 0.4) is 0 Å². The quantitative estimate of drug-likeness (QED) is 0.245. The van der Waals surface area contributed by atoms with Gasteiger partial charge >= 0.3 is 5.69 Å². The fourth-order valence-electron chi connectivity index (χ4n) is 2.46. The molecule has 0 aliphatic heterocycles. The second kappa shape index (κ2) is 11.2. The number of hydrazone groups is 1. The van der Waals surface area contributed by atoms with Crippen LogP contribution in [0.2, 0.25) is 0 Å². The van der Waals surface area contributed by atoms with Crippen molar-refractivity contribution in [2.75, 3.05) is 13.7 Å². The molecule has 2 aromatic rings. The van der Waals surface area contributed by atoms with Crippen LogP contribution < -0.4 is 14.9 Å². The highest BCUT2D eigenvalue weighted by Gasteiger charge is 2.14. The number of aryl methyl sites for hydroxylation is 1. The Morgan fingerprint density at radius 3 is 2.69 bits per heavy atom. The lowest BCUT2D eigenvalue weighted by atomic mass is 10.2. The number of benzene rings is 2. The van der Waals surface area contributed by atoms with Crippen molar-refractivity contribution in [2.24, 2.45) is 5.10 Å². The normalized spacial score (nSPS) is 10.7. The van der Waals surface area contributed by atoms with Crippen LogP contribution in [0, 0.1) is 10.1 Å². The summed E-state index contributed by atoms with van der Waals surface area (Å²) in [5.74, 6) is 0.627. The number of hydrogen-bond acceptors (Lipinski definition) is 6. The number of nitrogens with one attached hydrogen (secondary N) is 1. The lowest BCUT2D eigenvalue weighted by Gasteiger charge is -2.09. The van der Waals surface area contributed by atoms with Crippen molar-refractivity contribution in [1.82, 2.24) is 5.43 Å². The van der Waals surface area contributed by atoms with E-state index < -0.39 is 4.92 Å². The van der Waals surface area contributed by atoms with Gasteiger partial charge < -0.3 is 9.47 Å². The highest BCUT2D eigenvalue weighted by molar-refractivity contribution is 9.10. The highest BCUT2D eigenvalue weighted by Crippen LogP contribution is 2.27. The summed E-state index contributed by atoms with van der Waals surface area (Å²) in [4.78, 5) is 22.3. The first kappa shape index (κ1) is 22.4. The first-order chi connectivity index (χ1) is 13.9. The van der Waals surface area contributed by atoms with Crippen molar-refractivity contribution < 1.29 is 19.2 Å². The number of nitrogens with zero attached hydrogens (tertiary/aromatic N) is 2. The second-order valence-corrected chi connectivity index (χ2v) is 6.91. The van der Waals surface area contributed by atoms with Gasteiger partial charge in [0.15, 0.2) is 5.75 Å². The minimum absolute atomic E-state index is 0.159. The number of carbonyl (C=O) groups excluding carboxylic acids is 1. The molecule has 154 valence electrons. The van der Waals surface area contributed by atoms with Gasteiger partial charge in [0.1, 0.15) is 5.75 Å².